The summed E-state index contributed by atoms with van der Waals surface area (Å²) in [6.45, 7) is 0. The first kappa shape index (κ1) is 9.38. The van der Waals surface area contributed by atoms with Crippen molar-refractivity contribution in [2.45, 2.75) is 0 Å². The molecule has 1 rings (SSSR count). The zero-order valence-electron chi connectivity index (χ0n) is 7.00. The van der Waals surface area contributed by atoms with E-state index in [4.69, 9.17) is 0 Å². The van der Waals surface area contributed by atoms with E-state index in [-0.39, 0.29) is 11.1 Å². The van der Waals surface area contributed by atoms with Crippen LogP contribution in [0.5, 0.6) is 0 Å². The molecule has 1 N–H and O–H groups in total. The van der Waals surface area contributed by atoms with Gasteiger partial charge >= 0.3 is 0 Å². The lowest BCUT2D eigenvalue weighted by Gasteiger charge is -2.01. The molecular formula is C9H8FNO2. The lowest BCUT2D eigenvalue weighted by molar-refractivity contribution is 0.0958. The Morgan fingerprint density at radius 2 is 2.23 bits per heavy atom. The van der Waals surface area contributed by atoms with Gasteiger partial charge in [-0.1, -0.05) is 6.07 Å². The SMILES string of the molecule is CNC(=O)c1ccc(C=O)cc1F. The maximum Gasteiger partial charge on any atom is 0.253 e. The predicted molar refractivity (Wildman–Crippen MR) is 45.2 cm³/mol. The Bertz CT molecular complexity index is 349. The molecule has 68 valence electrons. The van der Waals surface area contributed by atoms with Gasteiger partial charge < -0.3 is 5.32 Å². The second kappa shape index (κ2) is 3.80. The molecule has 0 radical (unpaired) electrons. The van der Waals surface area contributed by atoms with Crippen LogP contribution in [0.4, 0.5) is 4.39 Å². The average molecular weight is 181 g/mol. The van der Waals surface area contributed by atoms with Gasteiger partial charge in [-0.05, 0) is 12.1 Å². The van der Waals surface area contributed by atoms with Gasteiger partial charge in [-0.25, -0.2) is 4.39 Å². The minimum absolute atomic E-state index is 0.0619. The highest BCUT2D eigenvalue weighted by atomic mass is 19.1. The molecule has 0 aromatic heterocycles. The molecule has 1 aromatic carbocycles. The first-order chi connectivity index (χ1) is 6.19. The molecule has 4 heteroatoms. The number of hydrogen-bond donors (Lipinski definition) is 1. The van der Waals surface area contributed by atoms with Crippen LogP contribution in [0.2, 0.25) is 0 Å². The largest absolute Gasteiger partial charge is 0.355 e. The molecule has 0 heterocycles. The Hall–Kier alpha value is -1.71. The van der Waals surface area contributed by atoms with Crippen LogP contribution in [0.15, 0.2) is 18.2 Å². The van der Waals surface area contributed by atoms with Crippen molar-refractivity contribution >= 4 is 12.2 Å². The molecule has 13 heavy (non-hydrogen) atoms. The standard InChI is InChI=1S/C9H8FNO2/c1-11-9(13)7-3-2-6(5-12)4-8(7)10/h2-5H,1H3,(H,11,13). The van der Waals surface area contributed by atoms with Gasteiger partial charge in [0.2, 0.25) is 0 Å². The molecule has 0 spiro atoms. The Morgan fingerprint density at radius 3 is 2.69 bits per heavy atom. The zero-order chi connectivity index (χ0) is 9.84. The summed E-state index contributed by atoms with van der Waals surface area (Å²) in [6, 6.07) is 3.69. The third kappa shape index (κ3) is 1.90. The second-order valence-electron chi connectivity index (χ2n) is 2.44. The fraction of sp³-hybridized carbons (Fsp3) is 0.111. The van der Waals surface area contributed by atoms with Crippen LogP contribution < -0.4 is 5.32 Å². The van der Waals surface area contributed by atoms with E-state index in [1.165, 1.54) is 19.2 Å². The second-order valence-corrected chi connectivity index (χ2v) is 2.44. The van der Waals surface area contributed by atoms with Crippen molar-refractivity contribution in [1.29, 1.82) is 0 Å². The van der Waals surface area contributed by atoms with E-state index < -0.39 is 11.7 Å². The van der Waals surface area contributed by atoms with Crippen LogP contribution in [0.25, 0.3) is 0 Å². The van der Waals surface area contributed by atoms with Crippen molar-refractivity contribution < 1.29 is 14.0 Å². The third-order valence-electron chi connectivity index (χ3n) is 1.60. The Labute approximate surface area is 74.6 Å². The summed E-state index contributed by atoms with van der Waals surface area (Å²) in [5.74, 6) is -1.20. The van der Waals surface area contributed by atoms with Gasteiger partial charge in [0, 0.05) is 12.6 Å². The van der Waals surface area contributed by atoms with Crippen LogP contribution >= 0.6 is 0 Å². The molecule has 0 fully saturated rings. The summed E-state index contributed by atoms with van der Waals surface area (Å²) in [4.78, 5) is 21.2. The summed E-state index contributed by atoms with van der Waals surface area (Å²) >= 11 is 0. The summed E-state index contributed by atoms with van der Waals surface area (Å²) in [5.41, 5.74) is 0.151. The van der Waals surface area contributed by atoms with Gasteiger partial charge in [0.05, 0.1) is 5.56 Å². The highest BCUT2D eigenvalue weighted by Crippen LogP contribution is 2.08. The van der Waals surface area contributed by atoms with E-state index in [1.54, 1.807) is 0 Å². The summed E-state index contributed by atoms with van der Waals surface area (Å²) in [5, 5.41) is 2.29. The van der Waals surface area contributed by atoms with Gasteiger partial charge in [0.25, 0.3) is 5.91 Å². The fourth-order valence-electron chi connectivity index (χ4n) is 0.923. The highest BCUT2D eigenvalue weighted by molar-refractivity contribution is 5.94. The van der Waals surface area contributed by atoms with E-state index in [2.05, 4.69) is 5.32 Å². The van der Waals surface area contributed by atoms with Crippen molar-refractivity contribution in [1.82, 2.24) is 5.32 Å². The Balaban J connectivity index is 3.12. The number of rotatable bonds is 2. The molecule has 0 unspecified atom stereocenters. The maximum absolute atomic E-state index is 13.1. The summed E-state index contributed by atoms with van der Waals surface area (Å²) in [7, 11) is 1.41. The molecule has 0 aliphatic heterocycles. The molecule has 0 aliphatic rings. The van der Waals surface area contributed by atoms with E-state index >= 15 is 0 Å². The van der Waals surface area contributed by atoms with Crippen molar-refractivity contribution in [3.63, 3.8) is 0 Å². The van der Waals surface area contributed by atoms with E-state index in [1.807, 2.05) is 0 Å². The van der Waals surface area contributed by atoms with Crippen molar-refractivity contribution in [3.8, 4) is 0 Å². The van der Waals surface area contributed by atoms with Gasteiger partial charge in [0.15, 0.2) is 0 Å². The minimum Gasteiger partial charge on any atom is -0.355 e. The number of nitrogens with one attached hydrogen (secondary N) is 1. The van der Waals surface area contributed by atoms with Crippen molar-refractivity contribution in [2.75, 3.05) is 7.05 Å². The molecule has 0 saturated heterocycles. The van der Waals surface area contributed by atoms with Crippen molar-refractivity contribution in [3.05, 3.63) is 35.1 Å². The van der Waals surface area contributed by atoms with Crippen LogP contribution in [-0.4, -0.2) is 19.2 Å². The smallest absolute Gasteiger partial charge is 0.253 e. The quantitative estimate of drug-likeness (QED) is 0.692. The number of carbonyl (C=O) groups excluding carboxylic acids is 2. The van der Waals surface area contributed by atoms with Crippen LogP contribution in [-0.2, 0) is 0 Å². The monoisotopic (exact) mass is 181 g/mol. The first-order valence-electron chi connectivity index (χ1n) is 3.66. The molecule has 3 nitrogen and oxygen atoms in total. The molecule has 0 aliphatic carbocycles. The number of hydrogen-bond acceptors (Lipinski definition) is 2. The predicted octanol–water partition coefficient (Wildman–Crippen LogP) is 0.998. The number of benzene rings is 1. The van der Waals surface area contributed by atoms with E-state index in [9.17, 15) is 14.0 Å². The number of halogens is 1. The molecular weight excluding hydrogens is 173 g/mol. The van der Waals surface area contributed by atoms with Gasteiger partial charge in [0.1, 0.15) is 12.1 Å². The average Bonchev–Trinajstić information content (AvgIpc) is 2.16. The van der Waals surface area contributed by atoms with E-state index in [0.717, 1.165) is 6.07 Å². The van der Waals surface area contributed by atoms with Crippen LogP contribution in [0, 0.1) is 5.82 Å². The summed E-state index contributed by atoms with van der Waals surface area (Å²) in [6.07, 6.45) is 0.525. The zero-order valence-corrected chi connectivity index (χ0v) is 7.00. The van der Waals surface area contributed by atoms with Crippen LogP contribution in [0.3, 0.4) is 0 Å². The molecule has 0 saturated carbocycles. The topological polar surface area (TPSA) is 46.2 Å². The minimum atomic E-state index is -0.691. The number of carbonyl (C=O) groups is 2. The lowest BCUT2D eigenvalue weighted by Crippen LogP contribution is -2.19. The summed E-state index contributed by atoms with van der Waals surface area (Å²) < 4.78 is 13.1. The van der Waals surface area contributed by atoms with Gasteiger partial charge in [-0.2, -0.15) is 0 Å². The van der Waals surface area contributed by atoms with E-state index in [0.29, 0.717) is 6.29 Å². The van der Waals surface area contributed by atoms with Gasteiger partial charge in [-0.15, -0.1) is 0 Å². The number of amides is 1. The highest BCUT2D eigenvalue weighted by Gasteiger charge is 2.09. The molecule has 0 bridgehead atoms. The molecule has 1 aromatic rings. The first-order valence-corrected chi connectivity index (χ1v) is 3.66. The van der Waals surface area contributed by atoms with Gasteiger partial charge in [-0.3, -0.25) is 9.59 Å². The molecule has 1 amide bonds. The Morgan fingerprint density at radius 1 is 1.54 bits per heavy atom. The third-order valence-corrected chi connectivity index (χ3v) is 1.60. The lowest BCUT2D eigenvalue weighted by atomic mass is 10.1. The fourth-order valence-corrected chi connectivity index (χ4v) is 0.923. The van der Waals surface area contributed by atoms with Crippen molar-refractivity contribution in [2.24, 2.45) is 0 Å². The maximum atomic E-state index is 13.1. The normalized spacial score (nSPS) is 9.38. The number of aldehydes is 1. The Kier molecular flexibility index (Phi) is 2.74. The van der Waals surface area contributed by atoms with Crippen LogP contribution in [0.1, 0.15) is 20.7 Å². The molecule has 0 atom stereocenters.